The van der Waals surface area contributed by atoms with Crippen molar-refractivity contribution in [1.82, 2.24) is 15.6 Å². The Kier molecular flexibility index (Phi) is 8.04. The number of rotatable bonds is 10. The van der Waals surface area contributed by atoms with E-state index in [1.165, 1.54) is 31.5 Å². The standard InChI is InChI=1S/C22H21ClN4O7/c1-33-17-9-3-7-15(23)19(17)20(28)26-16(8-4-10-24-22(29)30)21-25-12-18(34-21)13-5-2-6-14(11-13)27(31)32/h2-3,5-7,9,11-12,16,24H,4,8,10H2,1H3,(H,26,28)(H,29,30)/t16-/m0/s1. The number of carbonyl (C=O) groups is 2. The predicted molar refractivity (Wildman–Crippen MR) is 122 cm³/mol. The maximum atomic E-state index is 13.0. The van der Waals surface area contributed by atoms with Gasteiger partial charge in [-0.15, -0.1) is 0 Å². The number of nitro groups is 1. The molecule has 0 spiro atoms. The summed E-state index contributed by atoms with van der Waals surface area (Å²) in [5.41, 5.74) is 0.468. The van der Waals surface area contributed by atoms with E-state index in [2.05, 4.69) is 15.6 Å². The van der Waals surface area contributed by atoms with Gasteiger partial charge < -0.3 is 24.9 Å². The molecule has 0 aliphatic carbocycles. The highest BCUT2D eigenvalue weighted by atomic mass is 35.5. The molecule has 0 aliphatic heterocycles. The molecule has 178 valence electrons. The molecule has 0 fully saturated rings. The summed E-state index contributed by atoms with van der Waals surface area (Å²) in [6.07, 6.45) is 0.892. The van der Waals surface area contributed by atoms with Gasteiger partial charge in [-0.05, 0) is 25.0 Å². The molecule has 0 unspecified atom stereocenters. The molecule has 0 aliphatic rings. The zero-order valence-corrected chi connectivity index (χ0v) is 18.7. The van der Waals surface area contributed by atoms with E-state index in [-0.39, 0.29) is 46.6 Å². The number of methoxy groups -OCH3 is 1. The molecule has 34 heavy (non-hydrogen) atoms. The van der Waals surface area contributed by atoms with Crippen LogP contribution in [0, 0.1) is 10.1 Å². The molecule has 0 bridgehead atoms. The van der Waals surface area contributed by atoms with Crippen LogP contribution in [0.4, 0.5) is 10.5 Å². The van der Waals surface area contributed by atoms with Crippen molar-refractivity contribution >= 4 is 29.3 Å². The fourth-order valence-electron chi connectivity index (χ4n) is 3.24. The number of non-ortho nitro benzene ring substituents is 1. The first-order valence-electron chi connectivity index (χ1n) is 10.1. The molecule has 12 heteroatoms. The number of oxazole rings is 1. The van der Waals surface area contributed by atoms with Gasteiger partial charge in [-0.3, -0.25) is 14.9 Å². The monoisotopic (exact) mass is 488 g/mol. The van der Waals surface area contributed by atoms with Crippen molar-refractivity contribution in [3.05, 3.63) is 75.3 Å². The van der Waals surface area contributed by atoms with E-state index in [1.54, 1.807) is 24.3 Å². The van der Waals surface area contributed by atoms with Crippen LogP contribution in [-0.4, -0.2) is 40.7 Å². The van der Waals surface area contributed by atoms with E-state index in [9.17, 15) is 19.7 Å². The van der Waals surface area contributed by atoms with Crippen molar-refractivity contribution in [2.75, 3.05) is 13.7 Å². The van der Waals surface area contributed by atoms with Crippen molar-refractivity contribution in [2.24, 2.45) is 0 Å². The van der Waals surface area contributed by atoms with Crippen LogP contribution in [0.2, 0.25) is 5.02 Å². The number of nitro benzene ring substituents is 1. The van der Waals surface area contributed by atoms with E-state index in [0.29, 0.717) is 12.0 Å². The molecule has 3 N–H and O–H groups in total. The number of hydrogen-bond donors (Lipinski definition) is 3. The maximum Gasteiger partial charge on any atom is 0.404 e. The molecule has 3 rings (SSSR count). The average molecular weight is 489 g/mol. The minimum atomic E-state index is -1.16. The van der Waals surface area contributed by atoms with Crippen molar-refractivity contribution in [3.63, 3.8) is 0 Å². The number of nitrogens with one attached hydrogen (secondary N) is 2. The fraction of sp³-hybridized carbons (Fsp3) is 0.227. The van der Waals surface area contributed by atoms with Gasteiger partial charge in [0.2, 0.25) is 5.89 Å². The molecule has 2 amide bonds. The summed E-state index contributed by atoms with van der Waals surface area (Å²) in [4.78, 5) is 38.6. The van der Waals surface area contributed by atoms with Gasteiger partial charge in [0.05, 0.1) is 28.8 Å². The van der Waals surface area contributed by atoms with Crippen molar-refractivity contribution in [1.29, 1.82) is 0 Å². The number of amides is 2. The van der Waals surface area contributed by atoms with Gasteiger partial charge >= 0.3 is 6.09 Å². The van der Waals surface area contributed by atoms with Crippen molar-refractivity contribution < 1.29 is 28.8 Å². The third kappa shape index (κ3) is 6.01. The Hall–Kier alpha value is -4.12. The van der Waals surface area contributed by atoms with Crippen LogP contribution in [0.5, 0.6) is 5.75 Å². The van der Waals surface area contributed by atoms with Crippen LogP contribution in [0.3, 0.4) is 0 Å². The smallest absolute Gasteiger partial charge is 0.404 e. The second-order valence-corrected chi connectivity index (χ2v) is 7.49. The largest absolute Gasteiger partial charge is 0.496 e. The quantitative estimate of drug-likeness (QED) is 0.215. The van der Waals surface area contributed by atoms with Crippen LogP contribution in [0.1, 0.15) is 35.1 Å². The van der Waals surface area contributed by atoms with Crippen LogP contribution >= 0.6 is 11.6 Å². The fourth-order valence-corrected chi connectivity index (χ4v) is 3.49. The molecular weight excluding hydrogens is 468 g/mol. The van der Waals surface area contributed by atoms with E-state index in [1.807, 2.05) is 0 Å². The third-order valence-corrected chi connectivity index (χ3v) is 5.15. The molecule has 2 aromatic carbocycles. The molecule has 1 aromatic heterocycles. The summed E-state index contributed by atoms with van der Waals surface area (Å²) in [6.45, 7) is 0.148. The van der Waals surface area contributed by atoms with E-state index < -0.39 is 23.0 Å². The number of nitrogens with zero attached hydrogens (tertiary/aromatic N) is 2. The summed E-state index contributed by atoms with van der Waals surface area (Å²) in [5, 5.41) is 25.1. The Morgan fingerprint density at radius 2 is 2.06 bits per heavy atom. The Morgan fingerprint density at radius 3 is 2.76 bits per heavy atom. The number of benzene rings is 2. The molecule has 0 saturated carbocycles. The number of hydrogen-bond acceptors (Lipinski definition) is 7. The van der Waals surface area contributed by atoms with Crippen LogP contribution < -0.4 is 15.4 Å². The highest BCUT2D eigenvalue weighted by Crippen LogP contribution is 2.30. The summed E-state index contributed by atoms with van der Waals surface area (Å²) >= 11 is 6.21. The molecule has 0 radical (unpaired) electrons. The Balaban J connectivity index is 1.86. The number of aromatic nitrogens is 1. The Morgan fingerprint density at radius 1 is 1.29 bits per heavy atom. The first kappa shape index (κ1) is 24.5. The van der Waals surface area contributed by atoms with Gasteiger partial charge in [-0.25, -0.2) is 9.78 Å². The molecule has 3 aromatic rings. The Labute approximate surface area is 198 Å². The minimum absolute atomic E-state index is 0.106. The normalized spacial score (nSPS) is 11.5. The number of carboxylic acid groups (broad SMARTS) is 1. The zero-order valence-electron chi connectivity index (χ0n) is 18.0. The summed E-state index contributed by atoms with van der Waals surface area (Å²) in [6, 6.07) is 9.92. The average Bonchev–Trinajstić information content (AvgIpc) is 3.31. The zero-order chi connectivity index (χ0) is 24.7. The predicted octanol–water partition coefficient (Wildman–Crippen LogP) is 4.43. The lowest BCUT2D eigenvalue weighted by Gasteiger charge is -2.17. The van der Waals surface area contributed by atoms with Gasteiger partial charge in [-0.2, -0.15) is 0 Å². The van der Waals surface area contributed by atoms with Gasteiger partial charge in [0.25, 0.3) is 11.6 Å². The number of ether oxygens (including phenoxy) is 1. The van der Waals surface area contributed by atoms with Gasteiger partial charge in [0, 0.05) is 24.2 Å². The van der Waals surface area contributed by atoms with Crippen molar-refractivity contribution in [3.8, 4) is 17.1 Å². The van der Waals surface area contributed by atoms with Crippen LogP contribution in [0.15, 0.2) is 53.1 Å². The number of halogens is 1. The van der Waals surface area contributed by atoms with Crippen LogP contribution in [0.25, 0.3) is 11.3 Å². The second-order valence-electron chi connectivity index (χ2n) is 7.09. The van der Waals surface area contributed by atoms with E-state index in [0.717, 1.165) is 0 Å². The minimum Gasteiger partial charge on any atom is -0.496 e. The van der Waals surface area contributed by atoms with Crippen LogP contribution in [-0.2, 0) is 0 Å². The van der Waals surface area contributed by atoms with E-state index >= 15 is 0 Å². The molecule has 11 nitrogen and oxygen atoms in total. The molecule has 1 heterocycles. The summed E-state index contributed by atoms with van der Waals surface area (Å²) in [5.74, 6) is 0.169. The molecule has 1 atom stereocenters. The molecule has 0 saturated heterocycles. The van der Waals surface area contributed by atoms with Crippen molar-refractivity contribution in [2.45, 2.75) is 18.9 Å². The van der Waals surface area contributed by atoms with E-state index in [4.69, 9.17) is 25.9 Å². The number of carbonyl (C=O) groups excluding carboxylic acids is 1. The summed E-state index contributed by atoms with van der Waals surface area (Å²) < 4.78 is 11.1. The lowest BCUT2D eigenvalue weighted by atomic mass is 10.1. The lowest BCUT2D eigenvalue weighted by molar-refractivity contribution is -0.384. The first-order chi connectivity index (χ1) is 16.3. The maximum absolute atomic E-state index is 13.0. The summed E-state index contributed by atoms with van der Waals surface area (Å²) in [7, 11) is 1.41. The van der Waals surface area contributed by atoms with Gasteiger partial charge in [0.15, 0.2) is 5.76 Å². The highest BCUT2D eigenvalue weighted by molar-refractivity contribution is 6.34. The SMILES string of the molecule is COc1cccc(Cl)c1C(=O)N[C@@H](CCCNC(=O)O)c1ncc(-c2cccc([N+](=O)[O-])c2)o1. The first-order valence-corrected chi connectivity index (χ1v) is 10.5. The topological polar surface area (TPSA) is 157 Å². The van der Waals surface area contributed by atoms with Gasteiger partial charge in [-0.1, -0.05) is 29.8 Å². The lowest BCUT2D eigenvalue weighted by Crippen LogP contribution is -2.30. The molecular formula is C22H21ClN4O7. The second kappa shape index (κ2) is 11.1. The Bertz CT molecular complexity index is 1200. The highest BCUT2D eigenvalue weighted by Gasteiger charge is 2.24. The van der Waals surface area contributed by atoms with Gasteiger partial charge in [0.1, 0.15) is 11.8 Å². The third-order valence-electron chi connectivity index (χ3n) is 4.84.